The Morgan fingerprint density at radius 1 is 0.700 bits per heavy atom. The molecule has 2 atom stereocenters. The molecule has 5 heteroatoms. The maximum Gasteiger partial charge on any atom is 0.204 e. The van der Waals surface area contributed by atoms with Crippen LogP contribution in [-0.4, -0.2) is 19.3 Å². The van der Waals surface area contributed by atoms with Crippen LogP contribution in [0.15, 0.2) is 36.4 Å². The Morgan fingerprint density at radius 3 is 1.88 bits per heavy atom. The third-order valence-corrected chi connectivity index (χ3v) is 10.1. The molecule has 1 aliphatic heterocycles. The predicted molar refractivity (Wildman–Crippen MR) is 156 cm³/mol. The summed E-state index contributed by atoms with van der Waals surface area (Å²) in [6, 6.07) is 11.1. The van der Waals surface area contributed by atoms with Crippen molar-refractivity contribution in [2.75, 3.05) is 13.2 Å². The molecule has 2 aliphatic carbocycles. The predicted octanol–water partition coefficient (Wildman–Crippen LogP) is 9.62. The van der Waals surface area contributed by atoms with Gasteiger partial charge in [0.1, 0.15) is 6.61 Å². The highest BCUT2D eigenvalue weighted by atomic mass is 19.2. The van der Waals surface area contributed by atoms with E-state index in [1.165, 1.54) is 88.3 Å². The molecule has 0 aromatic heterocycles. The number of rotatable bonds is 10. The van der Waals surface area contributed by atoms with Crippen molar-refractivity contribution in [1.82, 2.24) is 0 Å². The van der Waals surface area contributed by atoms with Gasteiger partial charge in [0.25, 0.3) is 0 Å². The Morgan fingerprint density at radius 2 is 1.30 bits per heavy atom. The molecule has 2 aromatic rings. The van der Waals surface area contributed by atoms with Gasteiger partial charge in [0, 0.05) is 5.92 Å². The Kier molecular flexibility index (Phi) is 10.4. The molecule has 3 nitrogen and oxygen atoms in total. The van der Waals surface area contributed by atoms with Gasteiger partial charge in [-0.2, -0.15) is 8.78 Å². The van der Waals surface area contributed by atoms with E-state index in [-0.39, 0.29) is 24.7 Å². The molecule has 220 valence electrons. The van der Waals surface area contributed by atoms with Crippen molar-refractivity contribution >= 4 is 0 Å². The van der Waals surface area contributed by atoms with Gasteiger partial charge in [-0.1, -0.05) is 56.9 Å². The first-order chi connectivity index (χ1) is 19.6. The largest absolute Gasteiger partial charge is 0.491 e. The van der Waals surface area contributed by atoms with Crippen molar-refractivity contribution < 1.29 is 23.0 Å². The molecule has 0 spiro atoms. The maximum absolute atomic E-state index is 14.3. The van der Waals surface area contributed by atoms with Crippen LogP contribution in [0.3, 0.4) is 0 Å². The molecule has 1 heterocycles. The molecule has 0 bridgehead atoms. The second kappa shape index (κ2) is 14.2. The van der Waals surface area contributed by atoms with Crippen LogP contribution in [0.25, 0.3) is 0 Å². The summed E-state index contributed by atoms with van der Waals surface area (Å²) in [5, 5.41) is 0. The van der Waals surface area contributed by atoms with Gasteiger partial charge in [0.05, 0.1) is 19.3 Å². The van der Waals surface area contributed by atoms with E-state index in [0.29, 0.717) is 12.0 Å². The minimum Gasteiger partial charge on any atom is -0.491 e. The monoisotopic (exact) mass is 554 g/mol. The van der Waals surface area contributed by atoms with E-state index >= 15 is 0 Å². The van der Waals surface area contributed by atoms with Crippen molar-refractivity contribution in [3.63, 3.8) is 0 Å². The van der Waals surface area contributed by atoms with Crippen LogP contribution in [0.2, 0.25) is 0 Å². The molecule has 3 aliphatic rings. The summed E-state index contributed by atoms with van der Waals surface area (Å²) in [6.45, 7) is 5.30. The fourth-order valence-electron chi connectivity index (χ4n) is 7.69. The van der Waals surface area contributed by atoms with Crippen LogP contribution < -0.4 is 9.47 Å². The zero-order chi connectivity index (χ0) is 27.9. The number of hydrogen-bond acceptors (Lipinski definition) is 3. The van der Waals surface area contributed by atoms with Crippen molar-refractivity contribution in [1.29, 1.82) is 0 Å². The fraction of sp³-hybridized carbons (Fsp3) is 0.657. The molecule has 40 heavy (non-hydrogen) atoms. The Hall–Kier alpha value is -2.14. The molecule has 2 aromatic carbocycles. The van der Waals surface area contributed by atoms with Gasteiger partial charge >= 0.3 is 0 Å². The maximum atomic E-state index is 14.3. The minimum atomic E-state index is -1.01. The highest BCUT2D eigenvalue weighted by molar-refractivity contribution is 5.35. The zero-order valence-electron chi connectivity index (χ0n) is 24.5. The smallest absolute Gasteiger partial charge is 0.204 e. The zero-order valence-corrected chi connectivity index (χ0v) is 24.5. The summed E-state index contributed by atoms with van der Waals surface area (Å²) >= 11 is 0. The van der Waals surface area contributed by atoms with Crippen molar-refractivity contribution in [3.8, 4) is 11.5 Å². The van der Waals surface area contributed by atoms with E-state index in [9.17, 15) is 8.78 Å². The van der Waals surface area contributed by atoms with Crippen LogP contribution in [0, 0.1) is 35.3 Å². The van der Waals surface area contributed by atoms with E-state index in [1.54, 1.807) is 6.92 Å². The number of ether oxygens (including phenoxy) is 3. The van der Waals surface area contributed by atoms with Crippen LogP contribution in [0.5, 0.6) is 11.5 Å². The van der Waals surface area contributed by atoms with Crippen molar-refractivity contribution in [2.24, 2.45) is 23.7 Å². The first kappa shape index (κ1) is 29.4. The fourth-order valence-corrected chi connectivity index (χ4v) is 7.69. The van der Waals surface area contributed by atoms with Crippen molar-refractivity contribution in [2.45, 2.75) is 110 Å². The molecule has 2 saturated carbocycles. The van der Waals surface area contributed by atoms with Gasteiger partial charge in [-0.3, -0.25) is 0 Å². The normalized spacial score (nSPS) is 29.2. The Balaban J connectivity index is 1.04. The minimum absolute atomic E-state index is 0.0961. The van der Waals surface area contributed by atoms with Gasteiger partial charge in [-0.25, -0.2) is 0 Å². The second-order valence-corrected chi connectivity index (χ2v) is 12.5. The lowest BCUT2D eigenvalue weighted by Gasteiger charge is -2.41. The van der Waals surface area contributed by atoms with Gasteiger partial charge in [-0.05, 0) is 105 Å². The van der Waals surface area contributed by atoms with E-state index in [0.717, 1.165) is 42.3 Å². The molecule has 3 fully saturated rings. The highest BCUT2D eigenvalue weighted by Gasteiger charge is 2.35. The first-order valence-corrected chi connectivity index (χ1v) is 16.0. The van der Waals surface area contributed by atoms with Gasteiger partial charge in [0.2, 0.25) is 11.6 Å². The van der Waals surface area contributed by atoms with E-state index in [2.05, 4.69) is 19.1 Å². The number of hydrogen-bond donors (Lipinski definition) is 0. The number of benzene rings is 2. The molecule has 2 unspecified atom stereocenters. The van der Waals surface area contributed by atoms with E-state index in [1.807, 2.05) is 12.1 Å². The third-order valence-electron chi connectivity index (χ3n) is 10.1. The first-order valence-electron chi connectivity index (χ1n) is 16.0. The lowest BCUT2D eigenvalue weighted by atomic mass is 9.67. The van der Waals surface area contributed by atoms with Crippen molar-refractivity contribution in [3.05, 3.63) is 59.2 Å². The lowest BCUT2D eigenvalue weighted by molar-refractivity contribution is -0.0464. The molecule has 0 amide bonds. The van der Waals surface area contributed by atoms with Crippen LogP contribution in [0.4, 0.5) is 8.78 Å². The van der Waals surface area contributed by atoms with Gasteiger partial charge in [0.15, 0.2) is 11.5 Å². The quantitative estimate of drug-likeness (QED) is 0.293. The Labute approximate surface area is 240 Å². The highest BCUT2D eigenvalue weighted by Crippen LogP contribution is 2.44. The van der Waals surface area contributed by atoms with Gasteiger partial charge < -0.3 is 14.2 Å². The molecular formula is C35H48F2O3. The van der Waals surface area contributed by atoms with Crippen LogP contribution in [-0.2, 0) is 11.3 Å². The topological polar surface area (TPSA) is 27.7 Å². The summed E-state index contributed by atoms with van der Waals surface area (Å²) in [4.78, 5) is 0. The SMILES string of the molecule is CCCC1CCC(C2CCC(C3CCC(c4ccc(COc5ccc(OCC)c(F)c5F)cc4)CO3)CC2)CC1. The average Bonchev–Trinajstić information content (AvgIpc) is 3.00. The summed E-state index contributed by atoms with van der Waals surface area (Å²) in [5.41, 5.74) is 2.20. The van der Waals surface area contributed by atoms with Gasteiger partial charge in [-0.15, -0.1) is 0 Å². The number of halogens is 2. The average molecular weight is 555 g/mol. The molecular weight excluding hydrogens is 506 g/mol. The summed E-state index contributed by atoms with van der Waals surface area (Å²) in [6.07, 6.45) is 16.9. The lowest BCUT2D eigenvalue weighted by Crippen LogP contribution is -2.35. The van der Waals surface area contributed by atoms with E-state index < -0.39 is 11.6 Å². The molecule has 0 N–H and O–H groups in total. The molecule has 1 saturated heterocycles. The van der Waals surface area contributed by atoms with Crippen LogP contribution in [0.1, 0.15) is 108 Å². The van der Waals surface area contributed by atoms with Crippen LogP contribution >= 0.6 is 0 Å². The standard InChI is InChI=1S/C35H48F2O3/c1-3-5-24-6-10-26(11-7-24)27-14-16-29(17-15-27)31-19-18-30(23-40-31)28-12-8-25(9-13-28)22-39-33-21-20-32(38-4-2)34(36)35(33)37/h8-9,12-13,20-21,24,26-27,29-31H,3-7,10-11,14-19,22-23H2,1-2H3. The third kappa shape index (κ3) is 7.19. The molecule has 5 rings (SSSR count). The Bertz CT molecular complexity index is 1050. The van der Waals surface area contributed by atoms with E-state index in [4.69, 9.17) is 14.2 Å². The summed E-state index contributed by atoms with van der Waals surface area (Å²) in [5.74, 6) is 1.88. The second-order valence-electron chi connectivity index (χ2n) is 12.5. The summed E-state index contributed by atoms with van der Waals surface area (Å²) < 4.78 is 45.6. The summed E-state index contributed by atoms with van der Waals surface area (Å²) in [7, 11) is 0. The molecule has 0 radical (unpaired) electrons.